The second kappa shape index (κ2) is 8.22. The number of thiophene rings is 1. The largest absolute Gasteiger partial charge is 0.462 e. The van der Waals surface area contributed by atoms with Gasteiger partial charge in [-0.25, -0.2) is 9.47 Å². The smallest absolute Gasteiger partial charge is 0.340 e. The van der Waals surface area contributed by atoms with Gasteiger partial charge in [0.25, 0.3) is 0 Å². The lowest BCUT2D eigenvalue weighted by Gasteiger charge is -2.13. The number of thioether (sulfide) groups is 1. The Labute approximate surface area is 175 Å². The molecule has 0 atom stereocenters. The van der Waals surface area contributed by atoms with Gasteiger partial charge in [-0.15, -0.1) is 21.5 Å². The molecule has 7 nitrogen and oxygen atoms in total. The predicted molar refractivity (Wildman–Crippen MR) is 115 cm³/mol. The molecule has 4 aromatic rings. The molecule has 0 saturated carbocycles. The number of nitrogens with two attached hydrogens (primary N) is 1. The Hall–Kier alpha value is -2.91. The number of carbonyl (C=O) groups is 1. The van der Waals surface area contributed by atoms with Gasteiger partial charge in [0, 0.05) is 11.1 Å². The fourth-order valence-electron chi connectivity index (χ4n) is 3.10. The summed E-state index contributed by atoms with van der Waals surface area (Å²) in [7, 11) is 0. The zero-order chi connectivity index (χ0) is 20.4. The first-order valence-corrected chi connectivity index (χ1v) is 10.9. The molecule has 0 bridgehead atoms. The second-order valence-electron chi connectivity index (χ2n) is 6.24. The van der Waals surface area contributed by atoms with Crippen molar-refractivity contribution in [2.24, 2.45) is 0 Å². The van der Waals surface area contributed by atoms with E-state index in [1.54, 1.807) is 18.3 Å². The van der Waals surface area contributed by atoms with E-state index in [-0.39, 0.29) is 5.97 Å². The Bertz CT molecular complexity index is 1170. The molecule has 2 N–H and O–H groups in total. The van der Waals surface area contributed by atoms with E-state index in [1.807, 2.05) is 48.7 Å². The maximum atomic E-state index is 12.6. The zero-order valence-electron chi connectivity index (χ0n) is 16.0. The van der Waals surface area contributed by atoms with Gasteiger partial charge < -0.3 is 10.6 Å². The number of fused-ring (bicyclic) bond motifs is 1. The number of hydrogen-bond donors (Lipinski definition) is 1. The number of nitrogen functional groups attached to an aromatic ring is 1. The van der Waals surface area contributed by atoms with Crippen LogP contribution in [0, 0.1) is 6.92 Å². The van der Waals surface area contributed by atoms with E-state index in [1.165, 1.54) is 16.4 Å². The van der Waals surface area contributed by atoms with E-state index in [0.717, 1.165) is 21.3 Å². The molecule has 0 saturated heterocycles. The Kier molecular flexibility index (Phi) is 5.50. The van der Waals surface area contributed by atoms with Crippen molar-refractivity contribution in [3.63, 3.8) is 0 Å². The molecule has 0 unspecified atom stereocenters. The number of para-hydroxylation sites is 1. The molecule has 1 aromatic carbocycles. The van der Waals surface area contributed by atoms with Crippen LogP contribution < -0.4 is 5.84 Å². The fraction of sp³-hybridized carbons (Fsp3) is 0.200. The van der Waals surface area contributed by atoms with Crippen molar-refractivity contribution in [2.75, 3.05) is 12.4 Å². The number of nitrogens with zero attached hydrogens (tertiary/aromatic N) is 4. The zero-order valence-corrected chi connectivity index (χ0v) is 17.6. The molecule has 0 aliphatic heterocycles. The molecular weight excluding hydrogens is 406 g/mol. The van der Waals surface area contributed by atoms with Crippen LogP contribution in [0.1, 0.15) is 28.5 Å². The first-order valence-electron chi connectivity index (χ1n) is 9.02. The van der Waals surface area contributed by atoms with E-state index in [2.05, 4.69) is 10.2 Å². The minimum Gasteiger partial charge on any atom is -0.462 e. The summed E-state index contributed by atoms with van der Waals surface area (Å²) in [6, 6.07) is 11.6. The third-order valence-electron chi connectivity index (χ3n) is 4.45. The SMILES string of the molecule is CCOC(=O)c1c(CSc2nnc(-c3cccs3)n2N)nc2ccccc2c1C. The number of pyridine rings is 1. The van der Waals surface area contributed by atoms with Crippen LogP contribution in [0.2, 0.25) is 0 Å². The van der Waals surface area contributed by atoms with E-state index in [0.29, 0.717) is 34.6 Å². The highest BCUT2D eigenvalue weighted by Crippen LogP contribution is 2.30. The normalized spacial score (nSPS) is 11.1. The number of aryl methyl sites for hydroxylation is 1. The number of rotatable bonds is 6. The molecule has 29 heavy (non-hydrogen) atoms. The van der Waals surface area contributed by atoms with Crippen LogP contribution in [-0.2, 0) is 10.5 Å². The Morgan fingerprint density at radius 3 is 2.83 bits per heavy atom. The lowest BCUT2D eigenvalue weighted by molar-refractivity contribution is 0.0524. The van der Waals surface area contributed by atoms with Crippen LogP contribution in [0.5, 0.6) is 0 Å². The first-order chi connectivity index (χ1) is 14.1. The van der Waals surface area contributed by atoms with Crippen molar-refractivity contribution in [3.8, 4) is 10.7 Å². The molecule has 0 fully saturated rings. The van der Waals surface area contributed by atoms with Crippen molar-refractivity contribution in [2.45, 2.75) is 24.8 Å². The van der Waals surface area contributed by atoms with Gasteiger partial charge in [-0.1, -0.05) is 36.0 Å². The van der Waals surface area contributed by atoms with E-state index >= 15 is 0 Å². The van der Waals surface area contributed by atoms with Gasteiger partial charge >= 0.3 is 5.97 Å². The molecule has 4 rings (SSSR count). The van der Waals surface area contributed by atoms with Gasteiger partial charge in [-0.2, -0.15) is 0 Å². The van der Waals surface area contributed by atoms with Crippen molar-refractivity contribution < 1.29 is 9.53 Å². The predicted octanol–water partition coefficient (Wildman–Crippen LogP) is 4.05. The topological polar surface area (TPSA) is 95.9 Å². The quantitative estimate of drug-likeness (QED) is 0.283. The number of carbonyl (C=O) groups excluding carboxylic acids is 1. The molecule has 0 spiro atoms. The highest BCUT2D eigenvalue weighted by molar-refractivity contribution is 7.98. The molecule has 0 amide bonds. The third-order valence-corrected chi connectivity index (χ3v) is 6.27. The van der Waals surface area contributed by atoms with E-state index < -0.39 is 0 Å². The first kappa shape index (κ1) is 19.4. The van der Waals surface area contributed by atoms with Crippen molar-refractivity contribution in [1.29, 1.82) is 0 Å². The Morgan fingerprint density at radius 1 is 1.24 bits per heavy atom. The number of ether oxygens (including phenoxy) is 1. The highest BCUT2D eigenvalue weighted by atomic mass is 32.2. The van der Waals surface area contributed by atoms with Crippen molar-refractivity contribution in [1.82, 2.24) is 19.9 Å². The second-order valence-corrected chi connectivity index (χ2v) is 8.13. The van der Waals surface area contributed by atoms with Crippen LogP contribution in [0.15, 0.2) is 46.9 Å². The maximum absolute atomic E-state index is 12.6. The minimum absolute atomic E-state index is 0.305. The Morgan fingerprint density at radius 2 is 2.07 bits per heavy atom. The molecule has 0 radical (unpaired) electrons. The fourth-order valence-corrected chi connectivity index (χ4v) is 4.61. The van der Waals surface area contributed by atoms with E-state index in [4.69, 9.17) is 15.6 Å². The summed E-state index contributed by atoms with van der Waals surface area (Å²) in [6.45, 7) is 4.02. The Balaban J connectivity index is 1.69. The van der Waals surface area contributed by atoms with Gasteiger partial charge in [0.15, 0.2) is 5.82 Å². The van der Waals surface area contributed by atoms with Crippen LogP contribution in [0.4, 0.5) is 0 Å². The molecule has 0 aliphatic carbocycles. The number of esters is 1. The minimum atomic E-state index is -0.368. The van der Waals surface area contributed by atoms with Gasteiger partial charge in [-0.3, -0.25) is 4.98 Å². The van der Waals surface area contributed by atoms with Crippen molar-refractivity contribution in [3.05, 3.63) is 58.6 Å². The molecule has 9 heteroatoms. The number of benzene rings is 1. The van der Waals surface area contributed by atoms with Crippen LogP contribution >= 0.6 is 23.1 Å². The summed E-state index contributed by atoms with van der Waals surface area (Å²) < 4.78 is 6.75. The third kappa shape index (κ3) is 3.70. The summed E-state index contributed by atoms with van der Waals surface area (Å²) in [5, 5.41) is 11.8. The number of aromatic nitrogens is 4. The van der Waals surface area contributed by atoms with Crippen LogP contribution in [-0.4, -0.2) is 32.4 Å². The number of hydrogen-bond acceptors (Lipinski definition) is 8. The van der Waals surface area contributed by atoms with Gasteiger partial charge in [0.2, 0.25) is 5.16 Å². The summed E-state index contributed by atoms with van der Waals surface area (Å²) in [4.78, 5) is 18.3. The summed E-state index contributed by atoms with van der Waals surface area (Å²) in [5.74, 6) is 6.85. The van der Waals surface area contributed by atoms with Gasteiger partial charge in [0.1, 0.15) is 0 Å². The summed E-state index contributed by atoms with van der Waals surface area (Å²) in [5.41, 5.74) is 2.84. The lowest BCUT2D eigenvalue weighted by Crippen LogP contribution is -2.13. The molecule has 148 valence electrons. The highest BCUT2D eigenvalue weighted by Gasteiger charge is 2.21. The molecule has 3 heterocycles. The monoisotopic (exact) mass is 425 g/mol. The van der Waals surface area contributed by atoms with Crippen LogP contribution in [0.3, 0.4) is 0 Å². The lowest BCUT2D eigenvalue weighted by atomic mass is 10.0. The average Bonchev–Trinajstić information content (AvgIpc) is 3.36. The summed E-state index contributed by atoms with van der Waals surface area (Å²) in [6.07, 6.45) is 0. The summed E-state index contributed by atoms with van der Waals surface area (Å²) >= 11 is 2.93. The van der Waals surface area contributed by atoms with Crippen molar-refractivity contribution >= 4 is 40.0 Å². The van der Waals surface area contributed by atoms with E-state index in [9.17, 15) is 4.79 Å². The van der Waals surface area contributed by atoms with Gasteiger partial charge in [-0.05, 0) is 36.9 Å². The van der Waals surface area contributed by atoms with Crippen LogP contribution in [0.25, 0.3) is 21.6 Å². The maximum Gasteiger partial charge on any atom is 0.340 e. The average molecular weight is 426 g/mol. The standard InChI is InChI=1S/C20H19N5O2S2/c1-3-27-19(26)17-12(2)13-7-4-5-8-14(13)22-15(17)11-29-20-24-23-18(25(20)21)16-9-6-10-28-16/h4-10H,3,11,21H2,1-2H3. The van der Waals surface area contributed by atoms with Gasteiger partial charge in [0.05, 0.1) is 28.3 Å². The molecule has 0 aliphatic rings. The molecular formula is C20H19N5O2S2. The molecule has 3 aromatic heterocycles.